The zero-order valence-electron chi connectivity index (χ0n) is 11.2. The lowest BCUT2D eigenvalue weighted by Gasteiger charge is -2.07. The molecule has 3 rings (SSSR count). The monoisotopic (exact) mass is 254 g/mol. The Morgan fingerprint density at radius 1 is 1.47 bits per heavy atom. The van der Waals surface area contributed by atoms with Gasteiger partial charge in [0.15, 0.2) is 0 Å². The fraction of sp³-hybridized carbons (Fsp3) is 0.312. The number of ether oxygens (including phenoxy) is 1. The number of hydrogen-bond acceptors (Lipinski definition) is 2. The van der Waals surface area contributed by atoms with Gasteiger partial charge in [-0.1, -0.05) is 18.7 Å². The Morgan fingerprint density at radius 2 is 2.32 bits per heavy atom. The first-order valence-electron chi connectivity index (χ1n) is 6.63. The van der Waals surface area contributed by atoms with Gasteiger partial charge in [-0.15, -0.1) is 0 Å². The average molecular weight is 254 g/mol. The van der Waals surface area contributed by atoms with Gasteiger partial charge in [-0.3, -0.25) is 4.68 Å². The Morgan fingerprint density at radius 3 is 3.00 bits per heavy atom. The van der Waals surface area contributed by atoms with Crippen molar-refractivity contribution in [3.05, 3.63) is 42.7 Å². The van der Waals surface area contributed by atoms with Crippen LogP contribution in [0, 0.1) is 5.92 Å². The van der Waals surface area contributed by atoms with Crippen molar-refractivity contribution in [2.24, 2.45) is 5.92 Å². The molecule has 19 heavy (non-hydrogen) atoms. The Balaban J connectivity index is 1.94. The maximum atomic E-state index is 5.43. The summed E-state index contributed by atoms with van der Waals surface area (Å²) < 4.78 is 7.47. The molecule has 0 radical (unpaired) electrons. The van der Waals surface area contributed by atoms with E-state index < -0.39 is 0 Å². The van der Waals surface area contributed by atoms with E-state index >= 15 is 0 Å². The number of aromatic nitrogens is 2. The van der Waals surface area contributed by atoms with Crippen LogP contribution in [0.2, 0.25) is 0 Å². The van der Waals surface area contributed by atoms with Gasteiger partial charge in [-0.25, -0.2) is 0 Å². The largest absolute Gasteiger partial charge is 0.496 e. The number of hydrogen-bond donors (Lipinski definition) is 0. The van der Waals surface area contributed by atoms with Crippen LogP contribution in [-0.2, 0) is 6.54 Å². The van der Waals surface area contributed by atoms with Gasteiger partial charge in [0.2, 0.25) is 0 Å². The quantitative estimate of drug-likeness (QED) is 0.815. The van der Waals surface area contributed by atoms with Gasteiger partial charge >= 0.3 is 0 Å². The highest BCUT2D eigenvalue weighted by Crippen LogP contribution is 2.33. The first kappa shape index (κ1) is 12.0. The van der Waals surface area contributed by atoms with Crippen molar-refractivity contribution in [1.29, 1.82) is 0 Å². The fourth-order valence-corrected chi connectivity index (χ4v) is 2.25. The summed E-state index contributed by atoms with van der Waals surface area (Å²) in [5.74, 6) is 1.70. The lowest BCUT2D eigenvalue weighted by molar-refractivity contribution is 0.416. The van der Waals surface area contributed by atoms with Crippen LogP contribution in [0.25, 0.3) is 17.2 Å². The second-order valence-corrected chi connectivity index (χ2v) is 5.06. The maximum absolute atomic E-state index is 5.43. The van der Waals surface area contributed by atoms with E-state index in [1.807, 2.05) is 29.1 Å². The molecule has 1 fully saturated rings. The lowest BCUT2D eigenvalue weighted by atomic mass is 10.0. The molecule has 0 unspecified atom stereocenters. The Bertz CT molecular complexity index is 597. The molecule has 0 bridgehead atoms. The van der Waals surface area contributed by atoms with E-state index in [4.69, 9.17) is 4.74 Å². The van der Waals surface area contributed by atoms with Gasteiger partial charge in [0.25, 0.3) is 0 Å². The molecule has 2 aromatic rings. The van der Waals surface area contributed by atoms with E-state index in [0.717, 1.165) is 34.9 Å². The fourth-order valence-electron chi connectivity index (χ4n) is 2.25. The summed E-state index contributed by atoms with van der Waals surface area (Å²) >= 11 is 0. The van der Waals surface area contributed by atoms with Crippen molar-refractivity contribution in [2.75, 3.05) is 7.11 Å². The molecule has 0 spiro atoms. The van der Waals surface area contributed by atoms with Crippen LogP contribution in [0.3, 0.4) is 0 Å². The smallest absolute Gasteiger partial charge is 0.126 e. The summed E-state index contributed by atoms with van der Waals surface area (Å²) in [5.41, 5.74) is 3.26. The summed E-state index contributed by atoms with van der Waals surface area (Å²) in [7, 11) is 1.70. The van der Waals surface area contributed by atoms with Crippen LogP contribution in [0.5, 0.6) is 5.75 Å². The summed E-state index contributed by atoms with van der Waals surface area (Å²) in [6.45, 7) is 4.84. The zero-order valence-corrected chi connectivity index (χ0v) is 11.2. The topological polar surface area (TPSA) is 27.1 Å². The Hall–Kier alpha value is -2.03. The van der Waals surface area contributed by atoms with Crippen molar-refractivity contribution >= 4 is 6.08 Å². The minimum Gasteiger partial charge on any atom is -0.496 e. The average Bonchev–Trinajstić information content (AvgIpc) is 3.14. The van der Waals surface area contributed by atoms with Crippen molar-refractivity contribution in [3.8, 4) is 16.9 Å². The minimum atomic E-state index is 0.828. The summed E-state index contributed by atoms with van der Waals surface area (Å²) in [6, 6.07) is 6.07. The molecule has 98 valence electrons. The van der Waals surface area contributed by atoms with Crippen LogP contribution < -0.4 is 4.74 Å². The van der Waals surface area contributed by atoms with E-state index in [9.17, 15) is 0 Å². The van der Waals surface area contributed by atoms with Gasteiger partial charge in [-0.2, -0.15) is 5.10 Å². The molecular weight excluding hydrogens is 236 g/mol. The van der Waals surface area contributed by atoms with Gasteiger partial charge in [0.05, 0.1) is 13.3 Å². The standard InChI is InChI=1S/C16H18N2O/c1-3-12-6-7-16(19-2)15(8-12)14-9-17-18(11-14)10-13-4-5-13/h3,6-9,11,13H,1,4-5,10H2,2H3. The molecule has 1 aliphatic rings. The molecule has 3 nitrogen and oxygen atoms in total. The summed E-state index contributed by atoms with van der Waals surface area (Å²) in [5, 5.41) is 4.44. The van der Waals surface area contributed by atoms with Crippen LogP contribution in [0.15, 0.2) is 37.2 Å². The van der Waals surface area contributed by atoms with E-state index in [2.05, 4.69) is 23.9 Å². The van der Waals surface area contributed by atoms with E-state index in [-0.39, 0.29) is 0 Å². The Labute approximate surface area is 113 Å². The molecule has 0 aliphatic heterocycles. The van der Waals surface area contributed by atoms with Gasteiger partial charge < -0.3 is 4.74 Å². The summed E-state index contributed by atoms with van der Waals surface area (Å²) in [4.78, 5) is 0. The number of benzene rings is 1. The SMILES string of the molecule is C=Cc1ccc(OC)c(-c2cnn(CC3CC3)c2)c1. The van der Waals surface area contributed by atoms with Crippen LogP contribution in [0.4, 0.5) is 0 Å². The van der Waals surface area contributed by atoms with Crippen molar-refractivity contribution < 1.29 is 4.74 Å². The second kappa shape index (κ2) is 4.92. The molecular formula is C16H18N2O. The van der Waals surface area contributed by atoms with Gasteiger partial charge in [0, 0.05) is 23.9 Å². The van der Waals surface area contributed by atoms with Crippen molar-refractivity contribution in [1.82, 2.24) is 9.78 Å². The van der Waals surface area contributed by atoms with E-state index in [0.29, 0.717) is 0 Å². The lowest BCUT2D eigenvalue weighted by Crippen LogP contribution is -1.99. The number of rotatable bonds is 5. The maximum Gasteiger partial charge on any atom is 0.126 e. The van der Waals surface area contributed by atoms with E-state index in [1.54, 1.807) is 7.11 Å². The van der Waals surface area contributed by atoms with Crippen LogP contribution in [-0.4, -0.2) is 16.9 Å². The van der Waals surface area contributed by atoms with Crippen LogP contribution in [0.1, 0.15) is 18.4 Å². The third-order valence-electron chi connectivity index (χ3n) is 3.55. The van der Waals surface area contributed by atoms with Gasteiger partial charge in [0.1, 0.15) is 5.75 Å². The normalized spacial score (nSPS) is 14.4. The Kier molecular flexibility index (Phi) is 3.11. The molecule has 1 heterocycles. The zero-order chi connectivity index (χ0) is 13.2. The van der Waals surface area contributed by atoms with Crippen molar-refractivity contribution in [3.63, 3.8) is 0 Å². The molecule has 0 N–H and O–H groups in total. The molecule has 1 aliphatic carbocycles. The highest BCUT2D eigenvalue weighted by molar-refractivity contribution is 5.72. The molecule has 0 atom stereocenters. The highest BCUT2D eigenvalue weighted by Gasteiger charge is 2.22. The molecule has 1 aromatic heterocycles. The summed E-state index contributed by atoms with van der Waals surface area (Å²) in [6.07, 6.45) is 8.53. The molecule has 0 saturated heterocycles. The van der Waals surface area contributed by atoms with E-state index in [1.165, 1.54) is 12.8 Å². The predicted molar refractivity (Wildman–Crippen MR) is 77.0 cm³/mol. The molecule has 0 amide bonds. The first-order chi connectivity index (χ1) is 9.30. The first-order valence-corrected chi connectivity index (χ1v) is 6.63. The third kappa shape index (κ3) is 2.55. The van der Waals surface area contributed by atoms with Gasteiger partial charge in [-0.05, 0) is 36.5 Å². The van der Waals surface area contributed by atoms with Crippen molar-refractivity contribution in [2.45, 2.75) is 19.4 Å². The van der Waals surface area contributed by atoms with Crippen LogP contribution >= 0.6 is 0 Å². The molecule has 1 aromatic carbocycles. The number of nitrogens with zero attached hydrogens (tertiary/aromatic N) is 2. The highest BCUT2D eigenvalue weighted by atomic mass is 16.5. The number of methoxy groups -OCH3 is 1. The predicted octanol–water partition coefficient (Wildman–Crippen LogP) is 3.61. The molecule has 1 saturated carbocycles. The molecule has 3 heteroatoms. The second-order valence-electron chi connectivity index (χ2n) is 5.06. The third-order valence-corrected chi connectivity index (χ3v) is 3.55. The minimum absolute atomic E-state index is 0.828.